The van der Waals surface area contributed by atoms with Crippen LogP contribution in [0.4, 0.5) is 5.69 Å². The van der Waals surface area contributed by atoms with E-state index in [2.05, 4.69) is 5.32 Å². The molecule has 0 aliphatic heterocycles. The molecule has 0 saturated heterocycles. The van der Waals surface area contributed by atoms with Gasteiger partial charge in [0.05, 0.1) is 16.2 Å². The summed E-state index contributed by atoms with van der Waals surface area (Å²) in [7, 11) is 0. The molecule has 0 radical (unpaired) electrons. The molecule has 1 aromatic rings. The lowest BCUT2D eigenvalue weighted by molar-refractivity contribution is -0.109. The first-order valence-electron chi connectivity index (χ1n) is 4.25. The second-order valence-electron chi connectivity index (χ2n) is 3.38. The van der Waals surface area contributed by atoms with Gasteiger partial charge in [0.2, 0.25) is 0 Å². The van der Waals surface area contributed by atoms with Gasteiger partial charge in [0.1, 0.15) is 6.29 Å². The number of benzene rings is 1. The lowest BCUT2D eigenvalue weighted by Crippen LogP contribution is -2.22. The topological polar surface area (TPSA) is 29.1 Å². The van der Waals surface area contributed by atoms with Crippen molar-refractivity contribution in [3.8, 4) is 0 Å². The number of anilines is 1. The van der Waals surface area contributed by atoms with E-state index < -0.39 is 0 Å². The van der Waals surface area contributed by atoms with E-state index in [0.29, 0.717) is 5.02 Å². The van der Waals surface area contributed by atoms with E-state index in [1.807, 2.05) is 24.3 Å². The molecule has 1 aliphatic rings. The average molecular weight is 196 g/mol. The fraction of sp³-hybridized carbons (Fsp3) is 0.300. The summed E-state index contributed by atoms with van der Waals surface area (Å²) >= 11 is 5.94. The molecule has 3 heteroatoms. The SMILES string of the molecule is O=CC1(Nc2ccccc2Cl)CC1. The molecular formula is C10H10ClNO. The van der Waals surface area contributed by atoms with Crippen LogP contribution in [0.1, 0.15) is 12.8 Å². The highest BCUT2D eigenvalue weighted by molar-refractivity contribution is 6.33. The predicted molar refractivity (Wildman–Crippen MR) is 53.1 cm³/mol. The Balaban J connectivity index is 2.18. The van der Waals surface area contributed by atoms with E-state index in [9.17, 15) is 4.79 Å². The van der Waals surface area contributed by atoms with Gasteiger partial charge in [-0.15, -0.1) is 0 Å². The van der Waals surface area contributed by atoms with Gasteiger partial charge >= 0.3 is 0 Å². The summed E-state index contributed by atoms with van der Waals surface area (Å²) in [6.07, 6.45) is 2.78. The zero-order chi connectivity index (χ0) is 9.31. The number of nitrogens with one attached hydrogen (secondary N) is 1. The third-order valence-electron chi connectivity index (χ3n) is 2.27. The van der Waals surface area contributed by atoms with Crippen LogP contribution in [0.2, 0.25) is 5.02 Å². The van der Waals surface area contributed by atoms with E-state index in [1.54, 1.807) is 0 Å². The minimum Gasteiger partial charge on any atom is -0.372 e. The molecule has 0 aromatic heterocycles. The van der Waals surface area contributed by atoms with Crippen LogP contribution < -0.4 is 5.32 Å². The zero-order valence-electron chi connectivity index (χ0n) is 7.09. The smallest absolute Gasteiger partial charge is 0.145 e. The molecule has 0 atom stereocenters. The molecule has 1 fully saturated rings. The fourth-order valence-electron chi connectivity index (χ4n) is 1.24. The molecular weight excluding hydrogens is 186 g/mol. The fourth-order valence-corrected chi connectivity index (χ4v) is 1.42. The molecule has 1 N–H and O–H groups in total. The molecule has 0 bridgehead atoms. The predicted octanol–water partition coefficient (Wildman–Crippen LogP) is 2.48. The largest absolute Gasteiger partial charge is 0.372 e. The van der Waals surface area contributed by atoms with Crippen LogP contribution >= 0.6 is 11.6 Å². The monoisotopic (exact) mass is 195 g/mol. The first-order chi connectivity index (χ1) is 6.26. The van der Waals surface area contributed by atoms with E-state index in [0.717, 1.165) is 24.8 Å². The van der Waals surface area contributed by atoms with Gasteiger partial charge in [-0.1, -0.05) is 23.7 Å². The number of rotatable bonds is 3. The second-order valence-corrected chi connectivity index (χ2v) is 3.79. The highest BCUT2D eigenvalue weighted by Gasteiger charge is 2.42. The highest BCUT2D eigenvalue weighted by Crippen LogP contribution is 2.38. The number of halogens is 1. The van der Waals surface area contributed by atoms with Crippen molar-refractivity contribution in [3.63, 3.8) is 0 Å². The lowest BCUT2D eigenvalue weighted by Gasteiger charge is -2.12. The summed E-state index contributed by atoms with van der Waals surface area (Å²) in [5.74, 6) is 0. The van der Waals surface area contributed by atoms with Gasteiger partial charge in [0, 0.05) is 0 Å². The van der Waals surface area contributed by atoms with Crippen LogP contribution in [0.5, 0.6) is 0 Å². The van der Waals surface area contributed by atoms with Crippen molar-refractivity contribution in [1.82, 2.24) is 0 Å². The summed E-state index contributed by atoms with van der Waals surface area (Å²) in [5.41, 5.74) is 0.513. The lowest BCUT2D eigenvalue weighted by atomic mass is 10.2. The average Bonchev–Trinajstić information content (AvgIpc) is 2.90. The summed E-state index contributed by atoms with van der Waals surface area (Å²) in [6.45, 7) is 0. The van der Waals surface area contributed by atoms with Gasteiger partial charge in [-0.05, 0) is 25.0 Å². The summed E-state index contributed by atoms with van der Waals surface area (Å²) in [6, 6.07) is 7.46. The Morgan fingerprint density at radius 2 is 2.08 bits per heavy atom. The van der Waals surface area contributed by atoms with Crippen LogP contribution in [-0.2, 0) is 4.79 Å². The van der Waals surface area contributed by atoms with Gasteiger partial charge < -0.3 is 10.1 Å². The standard InChI is InChI=1S/C10H10ClNO/c11-8-3-1-2-4-9(8)12-10(7-13)5-6-10/h1-4,7,12H,5-6H2. The second kappa shape index (κ2) is 3.04. The molecule has 2 nitrogen and oxygen atoms in total. The highest BCUT2D eigenvalue weighted by atomic mass is 35.5. The van der Waals surface area contributed by atoms with Crippen molar-refractivity contribution in [2.45, 2.75) is 18.4 Å². The molecule has 0 amide bonds. The first kappa shape index (κ1) is 8.57. The normalized spacial score (nSPS) is 17.9. The van der Waals surface area contributed by atoms with Crippen molar-refractivity contribution < 1.29 is 4.79 Å². The maximum Gasteiger partial charge on any atom is 0.145 e. The van der Waals surface area contributed by atoms with Crippen molar-refractivity contribution in [3.05, 3.63) is 29.3 Å². The molecule has 0 unspecified atom stereocenters. The van der Waals surface area contributed by atoms with E-state index >= 15 is 0 Å². The van der Waals surface area contributed by atoms with Gasteiger partial charge in [-0.3, -0.25) is 0 Å². The Bertz CT molecular complexity index is 333. The third kappa shape index (κ3) is 1.68. The quantitative estimate of drug-likeness (QED) is 0.751. The number of hydrogen-bond donors (Lipinski definition) is 1. The van der Waals surface area contributed by atoms with Crippen LogP contribution in [0, 0.1) is 0 Å². The maximum atomic E-state index is 10.7. The Kier molecular flexibility index (Phi) is 2.00. The van der Waals surface area contributed by atoms with Gasteiger partial charge in [0.25, 0.3) is 0 Å². The van der Waals surface area contributed by atoms with Crippen LogP contribution in [0.3, 0.4) is 0 Å². The minimum absolute atomic E-state index is 0.328. The van der Waals surface area contributed by atoms with Crippen molar-refractivity contribution >= 4 is 23.6 Å². The maximum absolute atomic E-state index is 10.7. The Morgan fingerprint density at radius 3 is 2.62 bits per heavy atom. The molecule has 0 heterocycles. The molecule has 68 valence electrons. The number of hydrogen-bond acceptors (Lipinski definition) is 2. The molecule has 2 rings (SSSR count). The van der Waals surface area contributed by atoms with Crippen LogP contribution in [0.15, 0.2) is 24.3 Å². The summed E-state index contributed by atoms with van der Waals surface area (Å²) < 4.78 is 0. The molecule has 13 heavy (non-hydrogen) atoms. The number of carbonyl (C=O) groups is 1. The van der Waals surface area contributed by atoms with E-state index in [4.69, 9.17) is 11.6 Å². The van der Waals surface area contributed by atoms with Gasteiger partial charge in [-0.2, -0.15) is 0 Å². The van der Waals surface area contributed by atoms with Crippen molar-refractivity contribution in [2.75, 3.05) is 5.32 Å². The number of aldehydes is 1. The van der Waals surface area contributed by atoms with Crippen molar-refractivity contribution in [1.29, 1.82) is 0 Å². The Morgan fingerprint density at radius 1 is 1.38 bits per heavy atom. The van der Waals surface area contributed by atoms with Crippen molar-refractivity contribution in [2.24, 2.45) is 0 Å². The summed E-state index contributed by atoms with van der Waals surface area (Å²) in [5, 5.41) is 3.81. The van der Waals surface area contributed by atoms with E-state index in [-0.39, 0.29) is 5.54 Å². The number of carbonyl (C=O) groups excluding carboxylic acids is 1. The first-order valence-corrected chi connectivity index (χ1v) is 4.63. The third-order valence-corrected chi connectivity index (χ3v) is 2.60. The molecule has 1 saturated carbocycles. The van der Waals surface area contributed by atoms with Crippen LogP contribution in [0.25, 0.3) is 0 Å². The Hall–Kier alpha value is -1.02. The molecule has 1 aromatic carbocycles. The van der Waals surface area contributed by atoms with E-state index in [1.165, 1.54) is 0 Å². The van der Waals surface area contributed by atoms with Crippen LogP contribution in [-0.4, -0.2) is 11.8 Å². The number of para-hydroxylation sites is 1. The molecule has 0 spiro atoms. The zero-order valence-corrected chi connectivity index (χ0v) is 7.84. The Labute approximate surface area is 81.9 Å². The van der Waals surface area contributed by atoms with Gasteiger partial charge in [-0.25, -0.2) is 0 Å². The van der Waals surface area contributed by atoms with Gasteiger partial charge in [0.15, 0.2) is 0 Å². The molecule has 1 aliphatic carbocycles. The minimum atomic E-state index is -0.328. The summed E-state index contributed by atoms with van der Waals surface area (Å²) in [4.78, 5) is 10.7.